The van der Waals surface area contributed by atoms with Crippen molar-refractivity contribution in [1.82, 2.24) is 0 Å². The zero-order valence-corrected chi connectivity index (χ0v) is 12.0. The normalized spacial score (nSPS) is 9.72. The molecule has 2 aromatic carbocycles. The molecule has 2 aromatic rings. The number of rotatable bonds is 4. The molecule has 0 radical (unpaired) electrons. The molecule has 0 heterocycles. The van der Waals surface area contributed by atoms with Crippen LogP contribution in [0, 0.1) is 0 Å². The van der Waals surface area contributed by atoms with E-state index in [1.54, 1.807) is 48.5 Å². The Morgan fingerprint density at radius 2 is 1.00 bits per heavy atom. The molecule has 0 spiro atoms. The Balaban J connectivity index is 2.23. The topological polar surface area (TPSA) is 34.1 Å². The van der Waals surface area contributed by atoms with Gasteiger partial charge in [0.25, 0.3) is 0 Å². The number of hydrogen-bond acceptors (Lipinski definition) is 2. The van der Waals surface area contributed by atoms with Crippen LogP contribution in [0.3, 0.4) is 0 Å². The van der Waals surface area contributed by atoms with Gasteiger partial charge in [-0.3, -0.25) is 0 Å². The Morgan fingerprint density at radius 1 is 0.667 bits per heavy atom. The molecule has 0 bridgehead atoms. The summed E-state index contributed by atoms with van der Waals surface area (Å²) in [6.45, 7) is 0. The number of benzene rings is 2. The molecule has 0 amide bonds. The molecule has 0 unspecified atom stereocenters. The van der Waals surface area contributed by atoms with Crippen molar-refractivity contribution in [3.8, 4) is 0 Å². The number of carbonyl (C=O) groups is 2. The van der Waals surface area contributed by atoms with Crippen molar-refractivity contribution >= 4 is 14.8 Å². The van der Waals surface area contributed by atoms with Gasteiger partial charge in [0.15, 0.2) is 0 Å². The predicted molar refractivity (Wildman–Crippen MR) is 66.6 cm³/mol. The molecule has 0 aromatic heterocycles. The molecule has 0 aliphatic rings. The number of ketones is 2. The first-order valence-electron chi connectivity index (χ1n) is 5.48. The molecule has 2 nitrogen and oxygen atoms in total. The van der Waals surface area contributed by atoms with Crippen LogP contribution in [0.25, 0.3) is 0 Å². The first-order chi connectivity index (χ1) is 8.70. The van der Waals surface area contributed by atoms with Crippen LogP contribution in [-0.4, -0.2) is 14.8 Å². The van der Waals surface area contributed by atoms with Gasteiger partial charge in [0.05, 0.1) is 0 Å². The molecular formula is C15H10O2Zr. The maximum atomic E-state index is 12.1. The third-order valence-corrected chi connectivity index (χ3v) is 3.64. The van der Waals surface area contributed by atoms with Crippen LogP contribution in [0.15, 0.2) is 60.7 Å². The summed E-state index contributed by atoms with van der Waals surface area (Å²) in [6, 6.07) is 17.8. The van der Waals surface area contributed by atoms with E-state index >= 15 is 0 Å². The number of carbonyl (C=O) groups excluding carboxylic acids is 2. The summed E-state index contributed by atoms with van der Waals surface area (Å²) in [5, 5.41) is 0. The fraction of sp³-hybridized carbons (Fsp3) is 0. The van der Waals surface area contributed by atoms with Gasteiger partial charge in [0.1, 0.15) is 0 Å². The Morgan fingerprint density at radius 3 is 1.33 bits per heavy atom. The summed E-state index contributed by atoms with van der Waals surface area (Å²) in [5.41, 5.74) is 1.13. The molecule has 0 fully saturated rings. The van der Waals surface area contributed by atoms with Crippen LogP contribution in [-0.2, 0) is 24.2 Å². The summed E-state index contributed by atoms with van der Waals surface area (Å²) in [7, 11) is 0. The molecule has 0 aliphatic heterocycles. The van der Waals surface area contributed by atoms with E-state index in [2.05, 4.69) is 0 Å². The van der Waals surface area contributed by atoms with E-state index < -0.39 is 0 Å². The van der Waals surface area contributed by atoms with E-state index in [9.17, 15) is 9.59 Å². The van der Waals surface area contributed by atoms with E-state index in [1.807, 2.05) is 12.1 Å². The van der Waals surface area contributed by atoms with Gasteiger partial charge in [-0.1, -0.05) is 0 Å². The van der Waals surface area contributed by atoms with Gasteiger partial charge in [-0.25, -0.2) is 0 Å². The van der Waals surface area contributed by atoms with Gasteiger partial charge in [-0.15, -0.1) is 0 Å². The molecule has 18 heavy (non-hydrogen) atoms. The molecular weight excluding hydrogens is 303 g/mol. The summed E-state index contributed by atoms with van der Waals surface area (Å²) in [5.74, 6) is -0.356. The fourth-order valence-corrected chi connectivity index (χ4v) is 2.28. The predicted octanol–water partition coefficient (Wildman–Crippen LogP) is 2.47. The van der Waals surface area contributed by atoms with E-state index in [4.69, 9.17) is 0 Å². The van der Waals surface area contributed by atoms with Gasteiger partial charge >= 0.3 is 120 Å². The van der Waals surface area contributed by atoms with Crippen LogP contribution in [0.1, 0.15) is 20.7 Å². The first-order valence-corrected chi connectivity index (χ1v) is 6.71. The van der Waals surface area contributed by atoms with Crippen molar-refractivity contribution in [2.45, 2.75) is 0 Å². The molecule has 0 saturated carbocycles. The Hall–Kier alpha value is -1.47. The van der Waals surface area contributed by atoms with Crippen molar-refractivity contribution in [1.29, 1.82) is 0 Å². The van der Waals surface area contributed by atoms with E-state index in [-0.39, 0.29) is 11.6 Å². The van der Waals surface area contributed by atoms with Gasteiger partial charge < -0.3 is 0 Å². The van der Waals surface area contributed by atoms with Crippen molar-refractivity contribution in [2.75, 3.05) is 0 Å². The quantitative estimate of drug-likeness (QED) is 0.642. The second kappa shape index (κ2) is 5.92. The van der Waals surface area contributed by atoms with Crippen LogP contribution in [0.4, 0.5) is 0 Å². The third kappa shape index (κ3) is 2.86. The van der Waals surface area contributed by atoms with Gasteiger partial charge in [0.2, 0.25) is 0 Å². The van der Waals surface area contributed by atoms with Crippen molar-refractivity contribution < 1.29 is 33.8 Å². The molecule has 0 aliphatic carbocycles. The zero-order chi connectivity index (χ0) is 13.0. The second-order valence-corrected chi connectivity index (χ2v) is 4.99. The van der Waals surface area contributed by atoms with Crippen LogP contribution < -0.4 is 0 Å². The van der Waals surface area contributed by atoms with E-state index in [0.29, 0.717) is 14.3 Å². The van der Waals surface area contributed by atoms with E-state index in [0.717, 1.165) is 24.2 Å². The second-order valence-electron chi connectivity index (χ2n) is 3.77. The summed E-state index contributed by atoms with van der Waals surface area (Å²) >= 11 is 0.842. The van der Waals surface area contributed by atoms with Crippen LogP contribution in [0.5, 0.6) is 0 Å². The van der Waals surface area contributed by atoms with Crippen LogP contribution in [0.2, 0.25) is 0 Å². The summed E-state index contributed by atoms with van der Waals surface area (Å²) in [4.78, 5) is 24.2. The van der Waals surface area contributed by atoms with Crippen molar-refractivity contribution in [3.63, 3.8) is 0 Å². The van der Waals surface area contributed by atoms with Gasteiger partial charge in [-0.2, -0.15) is 0 Å². The zero-order valence-electron chi connectivity index (χ0n) is 9.59. The molecule has 0 N–H and O–H groups in total. The van der Waals surface area contributed by atoms with E-state index in [1.165, 1.54) is 0 Å². The van der Waals surface area contributed by atoms with Gasteiger partial charge in [0, 0.05) is 0 Å². The van der Waals surface area contributed by atoms with Crippen molar-refractivity contribution in [3.05, 3.63) is 71.8 Å². The standard InChI is InChI=1S/C15H10O2.Zr/c16-14(12-7-3-1-4-8-12)11-15(17)13-9-5-2-6-10-13;/h1-10H;. The Kier molecular flexibility index (Phi) is 4.27. The molecule has 0 atom stereocenters. The minimum absolute atomic E-state index is 0.178. The maximum absolute atomic E-state index is 12.1. The summed E-state index contributed by atoms with van der Waals surface area (Å²) in [6.07, 6.45) is 0. The summed E-state index contributed by atoms with van der Waals surface area (Å²) < 4.78 is 0.333. The minimum atomic E-state index is -0.178. The number of hydrogen-bond donors (Lipinski definition) is 0. The third-order valence-electron chi connectivity index (χ3n) is 2.53. The molecule has 0 saturated heterocycles. The average molecular weight is 313 g/mol. The Bertz CT molecular complexity index is 535. The monoisotopic (exact) mass is 312 g/mol. The molecule has 2 rings (SSSR count). The molecule has 3 heteroatoms. The fourth-order valence-electron chi connectivity index (χ4n) is 1.57. The van der Waals surface area contributed by atoms with Gasteiger partial charge in [-0.05, 0) is 0 Å². The first kappa shape index (κ1) is 13.0. The van der Waals surface area contributed by atoms with Crippen molar-refractivity contribution in [2.24, 2.45) is 0 Å². The SMILES string of the molecule is O=C([C](=[Zr])C(=O)c1ccccc1)c1ccccc1. The average Bonchev–Trinajstić information content (AvgIpc) is 2.47. The number of Topliss-reactive ketones (excluding diaryl/α,β-unsaturated/α-hetero) is 2. The molecule has 86 valence electrons. The Labute approximate surface area is 120 Å². The van der Waals surface area contributed by atoms with Crippen LogP contribution >= 0.6 is 0 Å².